The summed E-state index contributed by atoms with van der Waals surface area (Å²) < 4.78 is 0. The number of pyridine rings is 1. The Labute approximate surface area is 254 Å². The summed E-state index contributed by atoms with van der Waals surface area (Å²) in [6.45, 7) is 13.1. The molecule has 0 spiro atoms. The number of hydrogen-bond acceptors (Lipinski definition) is 7. The lowest BCUT2D eigenvalue weighted by Gasteiger charge is -2.18. The molecule has 5 rings (SSSR count). The van der Waals surface area contributed by atoms with Gasteiger partial charge in [-0.2, -0.15) is 0 Å². The Kier molecular flexibility index (Phi) is 8.08. The van der Waals surface area contributed by atoms with Crippen molar-refractivity contribution in [2.75, 3.05) is 10.6 Å². The molecule has 0 aliphatic carbocycles. The number of aromatic nitrogens is 3. The largest absolute Gasteiger partial charge is 0.298 e. The number of thiazole rings is 2. The smallest absolute Gasteiger partial charge is 0.276 e. The topological polar surface area (TPSA) is 96.9 Å². The van der Waals surface area contributed by atoms with Crippen LogP contribution >= 0.6 is 22.7 Å². The number of anilines is 2. The molecule has 2 aromatic carbocycles. The van der Waals surface area contributed by atoms with E-state index in [-0.39, 0.29) is 22.4 Å². The number of nitrogens with zero attached hydrogens (tertiary/aromatic N) is 3. The van der Waals surface area contributed by atoms with Crippen LogP contribution < -0.4 is 10.6 Å². The van der Waals surface area contributed by atoms with Gasteiger partial charge in [0.05, 0.1) is 17.0 Å². The van der Waals surface area contributed by atoms with Crippen molar-refractivity contribution in [1.29, 1.82) is 0 Å². The van der Waals surface area contributed by atoms with Crippen molar-refractivity contribution in [2.24, 2.45) is 0 Å². The van der Waals surface area contributed by atoms with E-state index in [0.717, 1.165) is 22.5 Å². The van der Waals surface area contributed by atoms with Crippen LogP contribution in [0.15, 0.2) is 77.6 Å². The van der Waals surface area contributed by atoms with Gasteiger partial charge in [0, 0.05) is 28.1 Å². The highest BCUT2D eigenvalue weighted by atomic mass is 32.1. The van der Waals surface area contributed by atoms with E-state index in [1.807, 2.05) is 35.0 Å². The first kappa shape index (κ1) is 29.3. The average molecular weight is 596 g/mol. The van der Waals surface area contributed by atoms with Crippen molar-refractivity contribution in [3.63, 3.8) is 0 Å². The number of carbonyl (C=O) groups excluding carboxylic acids is 2. The number of nitrogens with one attached hydrogen (secondary N) is 2. The van der Waals surface area contributed by atoms with Crippen LogP contribution in [0.1, 0.15) is 73.5 Å². The summed E-state index contributed by atoms with van der Waals surface area (Å²) in [4.78, 5) is 38.9. The molecule has 0 unspecified atom stereocenters. The lowest BCUT2D eigenvalue weighted by atomic mass is 9.86. The molecule has 2 amide bonds. The van der Waals surface area contributed by atoms with Crippen LogP contribution in [-0.4, -0.2) is 26.8 Å². The molecular weight excluding hydrogens is 563 g/mol. The first-order valence-electron chi connectivity index (χ1n) is 13.6. The monoisotopic (exact) mass is 595 g/mol. The average Bonchev–Trinajstić information content (AvgIpc) is 3.62. The number of carbonyl (C=O) groups is 2. The van der Waals surface area contributed by atoms with E-state index in [9.17, 15) is 9.59 Å². The molecule has 2 N–H and O–H groups in total. The van der Waals surface area contributed by atoms with Crippen molar-refractivity contribution in [2.45, 2.75) is 52.4 Å². The molecule has 0 saturated carbocycles. The van der Waals surface area contributed by atoms with Gasteiger partial charge in [0.25, 0.3) is 11.8 Å². The molecule has 0 saturated heterocycles. The van der Waals surface area contributed by atoms with Gasteiger partial charge < -0.3 is 0 Å². The summed E-state index contributed by atoms with van der Waals surface area (Å²) >= 11 is 2.70. The molecule has 0 aliphatic rings. The van der Waals surface area contributed by atoms with E-state index < -0.39 is 5.91 Å². The maximum absolute atomic E-state index is 12.8. The normalized spacial score (nSPS) is 11.8. The van der Waals surface area contributed by atoms with Crippen LogP contribution in [0, 0.1) is 0 Å². The SMILES string of the molecule is CC(C)(C)c1ccc(-c2csc(NC(=O)c3ccc(C(=O)Nc4nc(-c5ccc(C(C)(C)C)cc5)cs4)nc3)n2)cc1. The molecule has 0 bridgehead atoms. The molecule has 214 valence electrons. The first-order chi connectivity index (χ1) is 19.9. The van der Waals surface area contributed by atoms with E-state index in [0.29, 0.717) is 15.8 Å². The molecule has 9 heteroatoms. The van der Waals surface area contributed by atoms with Gasteiger partial charge in [-0.1, -0.05) is 90.1 Å². The van der Waals surface area contributed by atoms with E-state index >= 15 is 0 Å². The fraction of sp³-hybridized carbons (Fsp3) is 0.242. The minimum atomic E-state index is -0.395. The van der Waals surface area contributed by atoms with Gasteiger partial charge in [0.15, 0.2) is 10.3 Å². The highest BCUT2D eigenvalue weighted by Gasteiger charge is 2.17. The quantitative estimate of drug-likeness (QED) is 0.205. The molecule has 5 aromatic rings. The number of benzene rings is 2. The third-order valence-electron chi connectivity index (χ3n) is 6.80. The Balaban J connectivity index is 1.18. The van der Waals surface area contributed by atoms with Crippen LogP contribution in [0.3, 0.4) is 0 Å². The summed E-state index contributed by atoms with van der Waals surface area (Å²) in [5.74, 6) is -0.742. The fourth-order valence-electron chi connectivity index (χ4n) is 4.20. The molecule has 0 fully saturated rings. The summed E-state index contributed by atoms with van der Waals surface area (Å²) in [5, 5.41) is 10.4. The minimum Gasteiger partial charge on any atom is -0.298 e. The minimum absolute atomic E-state index is 0.0761. The van der Waals surface area contributed by atoms with Crippen molar-refractivity contribution >= 4 is 44.8 Å². The molecule has 3 aromatic heterocycles. The highest BCUT2D eigenvalue weighted by Crippen LogP contribution is 2.30. The molecule has 3 heterocycles. The van der Waals surface area contributed by atoms with E-state index in [4.69, 9.17) is 0 Å². The van der Waals surface area contributed by atoms with Crippen LogP contribution in [0.4, 0.5) is 10.3 Å². The standard InChI is InChI=1S/C33H33N5O2S2/c1-32(2,3)23-12-7-20(8-13-23)26-18-41-30(35-26)37-28(39)22-11-16-25(34-17-22)29(40)38-31-36-27(19-42-31)21-9-14-24(15-10-21)33(4,5)6/h7-19H,1-6H3,(H,35,37,39)(H,36,38,40). The van der Waals surface area contributed by atoms with Crippen LogP contribution in [0.25, 0.3) is 22.5 Å². The molecule has 0 atom stereocenters. The van der Waals surface area contributed by atoms with Crippen LogP contribution in [0.5, 0.6) is 0 Å². The number of amides is 2. The zero-order valence-corrected chi connectivity index (χ0v) is 26.1. The summed E-state index contributed by atoms with van der Waals surface area (Å²) in [5.41, 5.74) is 6.73. The summed E-state index contributed by atoms with van der Waals surface area (Å²) in [6.07, 6.45) is 1.38. The molecule has 0 aliphatic heterocycles. The Morgan fingerprint density at radius 1 is 0.619 bits per heavy atom. The second-order valence-corrected chi connectivity index (χ2v) is 13.8. The third-order valence-corrected chi connectivity index (χ3v) is 8.32. The highest BCUT2D eigenvalue weighted by molar-refractivity contribution is 7.14. The second-order valence-electron chi connectivity index (χ2n) is 12.1. The van der Waals surface area contributed by atoms with Crippen molar-refractivity contribution in [3.05, 3.63) is 100 Å². The third kappa shape index (κ3) is 6.80. The number of hydrogen-bond donors (Lipinski definition) is 2. The van der Waals surface area contributed by atoms with Crippen LogP contribution in [-0.2, 0) is 10.8 Å². The number of rotatable bonds is 6. The van der Waals surface area contributed by atoms with Gasteiger partial charge in [-0.3, -0.25) is 25.2 Å². The molecular formula is C33H33N5O2S2. The van der Waals surface area contributed by atoms with E-state index in [2.05, 4.69) is 91.4 Å². The Morgan fingerprint density at radius 3 is 1.48 bits per heavy atom. The Morgan fingerprint density at radius 2 is 1.07 bits per heavy atom. The summed E-state index contributed by atoms with van der Waals surface area (Å²) in [7, 11) is 0. The zero-order valence-electron chi connectivity index (χ0n) is 24.5. The van der Waals surface area contributed by atoms with Crippen molar-refractivity contribution in [3.8, 4) is 22.5 Å². The van der Waals surface area contributed by atoms with Crippen molar-refractivity contribution in [1.82, 2.24) is 15.0 Å². The maximum Gasteiger partial charge on any atom is 0.276 e. The first-order valence-corrected chi connectivity index (χ1v) is 15.3. The Hall–Kier alpha value is -4.21. The molecule has 7 nitrogen and oxygen atoms in total. The van der Waals surface area contributed by atoms with Gasteiger partial charge in [-0.05, 0) is 34.1 Å². The van der Waals surface area contributed by atoms with Crippen LogP contribution in [0.2, 0.25) is 0 Å². The predicted molar refractivity (Wildman–Crippen MR) is 173 cm³/mol. The maximum atomic E-state index is 12.8. The van der Waals surface area contributed by atoms with E-state index in [1.165, 1.54) is 46.1 Å². The van der Waals surface area contributed by atoms with Crippen molar-refractivity contribution < 1.29 is 9.59 Å². The lowest BCUT2D eigenvalue weighted by molar-refractivity contribution is 0.101. The molecule has 0 radical (unpaired) electrons. The predicted octanol–water partition coefficient (Wildman–Crippen LogP) is 8.43. The fourth-order valence-corrected chi connectivity index (χ4v) is 5.63. The zero-order chi connectivity index (χ0) is 30.1. The van der Waals surface area contributed by atoms with Gasteiger partial charge in [0.1, 0.15) is 5.69 Å². The van der Waals surface area contributed by atoms with Gasteiger partial charge >= 0.3 is 0 Å². The second kappa shape index (κ2) is 11.6. The van der Waals surface area contributed by atoms with Gasteiger partial charge in [-0.25, -0.2) is 9.97 Å². The lowest BCUT2D eigenvalue weighted by Crippen LogP contribution is -2.16. The molecule has 42 heavy (non-hydrogen) atoms. The van der Waals surface area contributed by atoms with E-state index in [1.54, 1.807) is 6.07 Å². The Bertz CT molecular complexity index is 1580. The summed E-state index contributed by atoms with van der Waals surface area (Å²) in [6, 6.07) is 19.7. The van der Waals surface area contributed by atoms with Gasteiger partial charge in [0.2, 0.25) is 0 Å². The van der Waals surface area contributed by atoms with Gasteiger partial charge in [-0.15, -0.1) is 22.7 Å².